The number of amides is 2. The number of nitrogens with zero attached hydrogens (tertiary/aromatic N) is 4. The van der Waals surface area contributed by atoms with Crippen molar-refractivity contribution in [2.45, 2.75) is 4.90 Å². The van der Waals surface area contributed by atoms with Crippen LogP contribution in [0.25, 0.3) is 0 Å². The molecule has 0 radical (unpaired) electrons. The molecule has 0 aliphatic carbocycles. The molecule has 2 aromatic rings. The summed E-state index contributed by atoms with van der Waals surface area (Å²) in [5.41, 5.74) is 0.175. The first-order valence-corrected chi connectivity index (χ1v) is 11.5. The van der Waals surface area contributed by atoms with Gasteiger partial charge in [-0.3, -0.25) is 9.59 Å². The zero-order valence-electron chi connectivity index (χ0n) is 17.3. The number of rotatable bonds is 6. The minimum atomic E-state index is -3.65. The molecule has 3 rings (SSSR count). The van der Waals surface area contributed by atoms with Crippen LogP contribution in [-0.4, -0.2) is 81.2 Å². The number of halogens is 1. The van der Waals surface area contributed by atoms with Gasteiger partial charge in [0.15, 0.2) is 0 Å². The Morgan fingerprint density at radius 1 is 1.13 bits per heavy atom. The average Bonchev–Trinajstić information content (AvgIpc) is 2.78. The Labute approximate surface area is 186 Å². The fourth-order valence-electron chi connectivity index (χ4n) is 3.12. The summed E-state index contributed by atoms with van der Waals surface area (Å²) in [6.45, 7) is 2.10. The normalized spacial score (nSPS) is 14.6. The molecule has 1 N–H and O–H groups in total. The molecule has 31 heavy (non-hydrogen) atoms. The van der Waals surface area contributed by atoms with E-state index in [2.05, 4.69) is 15.2 Å². The van der Waals surface area contributed by atoms with Gasteiger partial charge >= 0.3 is 0 Å². The SMILES string of the molecule is CN(C)S(=O)(=O)c1cccc(C(=O)NCC(=O)N2CCN(c3ccc(Cl)cn3)CC2)c1. The highest BCUT2D eigenvalue weighted by Crippen LogP contribution is 2.17. The monoisotopic (exact) mass is 465 g/mol. The van der Waals surface area contributed by atoms with Crippen molar-refractivity contribution in [1.82, 2.24) is 19.5 Å². The lowest BCUT2D eigenvalue weighted by molar-refractivity contribution is -0.130. The van der Waals surface area contributed by atoms with Gasteiger partial charge in [0.05, 0.1) is 16.5 Å². The molecule has 0 unspecified atom stereocenters. The van der Waals surface area contributed by atoms with E-state index in [1.165, 1.54) is 38.4 Å². The van der Waals surface area contributed by atoms with Crippen molar-refractivity contribution in [1.29, 1.82) is 0 Å². The molecule has 1 aromatic heterocycles. The summed E-state index contributed by atoms with van der Waals surface area (Å²) in [5, 5.41) is 3.14. The van der Waals surface area contributed by atoms with Crippen LogP contribution < -0.4 is 10.2 Å². The summed E-state index contributed by atoms with van der Waals surface area (Å²) in [6, 6.07) is 9.34. The Morgan fingerprint density at radius 3 is 2.45 bits per heavy atom. The Morgan fingerprint density at radius 2 is 1.84 bits per heavy atom. The third-order valence-corrected chi connectivity index (χ3v) is 6.98. The number of anilines is 1. The number of pyridine rings is 1. The summed E-state index contributed by atoms with van der Waals surface area (Å²) in [4.78, 5) is 33.0. The molecule has 0 saturated carbocycles. The molecular formula is C20H24ClN5O4S. The van der Waals surface area contributed by atoms with Crippen molar-refractivity contribution in [2.24, 2.45) is 0 Å². The second-order valence-electron chi connectivity index (χ2n) is 7.20. The Kier molecular flexibility index (Phi) is 7.14. The highest BCUT2D eigenvalue weighted by molar-refractivity contribution is 7.89. The molecule has 11 heteroatoms. The van der Waals surface area contributed by atoms with Crippen LogP contribution in [-0.2, 0) is 14.8 Å². The van der Waals surface area contributed by atoms with E-state index in [0.29, 0.717) is 31.2 Å². The minimum absolute atomic E-state index is 0.0170. The summed E-state index contributed by atoms with van der Waals surface area (Å²) in [7, 11) is -0.811. The van der Waals surface area contributed by atoms with Gasteiger partial charge in [0.2, 0.25) is 15.9 Å². The molecular weight excluding hydrogens is 442 g/mol. The topological polar surface area (TPSA) is 103 Å². The zero-order valence-corrected chi connectivity index (χ0v) is 18.9. The molecule has 2 amide bonds. The third-order valence-electron chi connectivity index (χ3n) is 4.94. The van der Waals surface area contributed by atoms with E-state index in [9.17, 15) is 18.0 Å². The van der Waals surface area contributed by atoms with E-state index in [1.807, 2.05) is 6.07 Å². The number of hydrogen-bond donors (Lipinski definition) is 1. The van der Waals surface area contributed by atoms with E-state index < -0.39 is 15.9 Å². The first-order valence-electron chi connectivity index (χ1n) is 9.63. The van der Waals surface area contributed by atoms with Crippen LogP contribution in [0.2, 0.25) is 5.02 Å². The molecule has 1 aromatic carbocycles. The minimum Gasteiger partial charge on any atom is -0.353 e. The molecule has 2 heterocycles. The zero-order chi connectivity index (χ0) is 22.6. The third kappa shape index (κ3) is 5.52. The highest BCUT2D eigenvalue weighted by Gasteiger charge is 2.23. The van der Waals surface area contributed by atoms with E-state index in [1.54, 1.807) is 17.2 Å². The lowest BCUT2D eigenvalue weighted by atomic mass is 10.2. The van der Waals surface area contributed by atoms with Crippen LogP contribution in [0.1, 0.15) is 10.4 Å². The van der Waals surface area contributed by atoms with Crippen LogP contribution >= 0.6 is 11.6 Å². The Hall–Kier alpha value is -2.69. The lowest BCUT2D eigenvalue weighted by Gasteiger charge is -2.35. The van der Waals surface area contributed by atoms with Crippen LogP contribution in [0.15, 0.2) is 47.5 Å². The van der Waals surface area contributed by atoms with Crippen molar-refractivity contribution in [3.63, 3.8) is 0 Å². The van der Waals surface area contributed by atoms with Crippen molar-refractivity contribution >= 4 is 39.3 Å². The van der Waals surface area contributed by atoms with Gasteiger partial charge in [-0.05, 0) is 30.3 Å². The number of benzene rings is 1. The summed E-state index contributed by atoms with van der Waals surface area (Å²) >= 11 is 5.86. The van der Waals surface area contributed by atoms with Crippen molar-refractivity contribution in [3.8, 4) is 0 Å². The molecule has 1 saturated heterocycles. The van der Waals surface area contributed by atoms with Gasteiger partial charge in [-0.2, -0.15) is 0 Å². The van der Waals surface area contributed by atoms with Crippen molar-refractivity contribution in [2.75, 3.05) is 51.7 Å². The molecule has 0 atom stereocenters. The summed E-state index contributed by atoms with van der Waals surface area (Å²) in [6.07, 6.45) is 1.59. The first kappa shape index (κ1) is 23.0. The molecule has 0 bridgehead atoms. The second kappa shape index (κ2) is 9.63. The predicted molar refractivity (Wildman–Crippen MR) is 118 cm³/mol. The van der Waals surface area contributed by atoms with Crippen LogP contribution in [0, 0.1) is 0 Å². The van der Waals surface area contributed by atoms with Crippen molar-refractivity contribution < 1.29 is 18.0 Å². The Balaban J connectivity index is 1.53. The van der Waals surface area contributed by atoms with Gasteiger partial charge in [-0.15, -0.1) is 0 Å². The molecule has 1 fully saturated rings. The first-order chi connectivity index (χ1) is 14.7. The molecule has 1 aliphatic rings. The average molecular weight is 466 g/mol. The van der Waals surface area contributed by atoms with Gasteiger partial charge in [0, 0.05) is 52.0 Å². The van der Waals surface area contributed by atoms with Gasteiger partial charge in [-0.25, -0.2) is 17.7 Å². The van der Waals surface area contributed by atoms with Crippen LogP contribution in [0.5, 0.6) is 0 Å². The molecule has 0 spiro atoms. The van der Waals surface area contributed by atoms with E-state index in [-0.39, 0.29) is 22.9 Å². The number of piperazine rings is 1. The highest BCUT2D eigenvalue weighted by atomic mass is 35.5. The van der Waals surface area contributed by atoms with Gasteiger partial charge in [-0.1, -0.05) is 17.7 Å². The van der Waals surface area contributed by atoms with Crippen LogP contribution in [0.4, 0.5) is 5.82 Å². The smallest absolute Gasteiger partial charge is 0.251 e. The number of aromatic nitrogens is 1. The summed E-state index contributed by atoms with van der Waals surface area (Å²) in [5.74, 6) is 0.0969. The van der Waals surface area contributed by atoms with Crippen molar-refractivity contribution in [3.05, 3.63) is 53.2 Å². The second-order valence-corrected chi connectivity index (χ2v) is 9.79. The van der Waals surface area contributed by atoms with Gasteiger partial charge in [0.1, 0.15) is 5.82 Å². The summed E-state index contributed by atoms with van der Waals surface area (Å²) < 4.78 is 25.6. The van der Waals surface area contributed by atoms with Crippen LogP contribution in [0.3, 0.4) is 0 Å². The van der Waals surface area contributed by atoms with E-state index >= 15 is 0 Å². The standard InChI is InChI=1S/C20H24ClN5O4S/c1-24(2)31(29,30)17-5-3-4-15(12-17)20(28)23-14-19(27)26-10-8-25(9-11-26)18-7-6-16(21)13-22-18/h3-7,12-13H,8-11,14H2,1-2H3,(H,23,28). The number of hydrogen-bond acceptors (Lipinski definition) is 6. The fourth-order valence-corrected chi connectivity index (χ4v) is 4.18. The number of nitrogens with one attached hydrogen (secondary N) is 1. The number of carbonyl (C=O) groups excluding carboxylic acids is 2. The molecule has 1 aliphatic heterocycles. The quantitative estimate of drug-likeness (QED) is 0.684. The predicted octanol–water partition coefficient (Wildman–Crippen LogP) is 1.06. The maximum absolute atomic E-state index is 12.5. The number of sulfonamides is 1. The van der Waals surface area contributed by atoms with Gasteiger partial charge in [0.25, 0.3) is 5.91 Å². The fraction of sp³-hybridized carbons (Fsp3) is 0.350. The van der Waals surface area contributed by atoms with Gasteiger partial charge < -0.3 is 15.1 Å². The van der Waals surface area contributed by atoms with E-state index in [4.69, 9.17) is 11.6 Å². The maximum atomic E-state index is 12.5. The number of carbonyl (C=O) groups is 2. The lowest BCUT2D eigenvalue weighted by Crippen LogP contribution is -2.51. The Bertz CT molecular complexity index is 1050. The molecule has 166 valence electrons. The maximum Gasteiger partial charge on any atom is 0.251 e. The largest absolute Gasteiger partial charge is 0.353 e. The molecule has 9 nitrogen and oxygen atoms in total. The van der Waals surface area contributed by atoms with E-state index in [0.717, 1.165) is 10.1 Å².